The molecule has 3 fully saturated rings. The maximum Gasteiger partial charge on any atom is 0.419 e. The van der Waals surface area contributed by atoms with Crippen LogP contribution in [0.15, 0.2) is 42.6 Å². The SMILES string of the molecule is Fc1ccc(-c2cc(N3CCN(c4ncccc4C(F)(F)F)CC3)nc(N3C[C@@H]4C[C@H]3CN4)n2)cc1Cl. The highest BCUT2D eigenvalue weighted by Crippen LogP contribution is 2.36. The monoisotopic (exact) mass is 533 g/mol. The van der Waals surface area contributed by atoms with Gasteiger partial charge < -0.3 is 20.0 Å². The minimum absolute atomic E-state index is 0.00749. The molecule has 2 aromatic heterocycles. The van der Waals surface area contributed by atoms with Crippen molar-refractivity contribution in [3.05, 3.63) is 59.0 Å². The summed E-state index contributed by atoms with van der Waals surface area (Å²) in [5.74, 6) is 0.702. The average molecular weight is 534 g/mol. The molecular weight excluding hydrogens is 510 g/mol. The van der Waals surface area contributed by atoms with Gasteiger partial charge in [0.15, 0.2) is 0 Å². The number of halogens is 5. The molecule has 3 aliphatic heterocycles. The third-order valence-corrected chi connectivity index (χ3v) is 7.51. The molecule has 0 radical (unpaired) electrons. The number of pyridine rings is 1. The van der Waals surface area contributed by atoms with E-state index in [4.69, 9.17) is 21.6 Å². The van der Waals surface area contributed by atoms with Crippen LogP contribution in [-0.4, -0.2) is 66.3 Å². The predicted molar refractivity (Wildman–Crippen MR) is 134 cm³/mol. The largest absolute Gasteiger partial charge is 0.419 e. The lowest BCUT2D eigenvalue weighted by molar-refractivity contribution is -0.137. The molecule has 0 spiro atoms. The minimum Gasteiger partial charge on any atom is -0.353 e. The van der Waals surface area contributed by atoms with Gasteiger partial charge in [-0.1, -0.05) is 11.6 Å². The van der Waals surface area contributed by atoms with Crippen molar-refractivity contribution in [2.75, 3.05) is 54.0 Å². The van der Waals surface area contributed by atoms with Crippen molar-refractivity contribution in [1.82, 2.24) is 20.3 Å². The molecule has 6 rings (SSSR count). The summed E-state index contributed by atoms with van der Waals surface area (Å²) in [5, 5.41) is 3.48. The van der Waals surface area contributed by atoms with Crippen molar-refractivity contribution in [1.29, 1.82) is 0 Å². The highest BCUT2D eigenvalue weighted by molar-refractivity contribution is 6.31. The molecule has 0 amide bonds. The smallest absolute Gasteiger partial charge is 0.353 e. The van der Waals surface area contributed by atoms with Gasteiger partial charge in [0, 0.05) is 69.2 Å². The Hall–Kier alpha value is -3.18. The first-order valence-electron chi connectivity index (χ1n) is 12.1. The molecule has 7 nitrogen and oxygen atoms in total. The fourth-order valence-corrected chi connectivity index (χ4v) is 5.52. The number of nitrogens with zero attached hydrogens (tertiary/aromatic N) is 6. The lowest BCUT2D eigenvalue weighted by Crippen LogP contribution is -2.48. The fourth-order valence-electron chi connectivity index (χ4n) is 5.34. The highest BCUT2D eigenvalue weighted by atomic mass is 35.5. The molecule has 3 saturated heterocycles. The van der Waals surface area contributed by atoms with Gasteiger partial charge in [0.2, 0.25) is 5.95 Å². The van der Waals surface area contributed by atoms with Crippen molar-refractivity contribution >= 4 is 29.2 Å². The van der Waals surface area contributed by atoms with E-state index in [-0.39, 0.29) is 10.8 Å². The zero-order valence-electron chi connectivity index (χ0n) is 19.7. The summed E-state index contributed by atoms with van der Waals surface area (Å²) in [4.78, 5) is 19.6. The van der Waals surface area contributed by atoms with Gasteiger partial charge in [-0.15, -0.1) is 0 Å². The fraction of sp³-hybridized carbons (Fsp3) is 0.400. The second-order valence-electron chi connectivity index (χ2n) is 9.53. The maximum absolute atomic E-state index is 13.8. The van der Waals surface area contributed by atoms with E-state index in [1.165, 1.54) is 18.3 Å². The molecule has 1 aromatic carbocycles. The van der Waals surface area contributed by atoms with Gasteiger partial charge in [-0.05, 0) is 36.8 Å². The third-order valence-electron chi connectivity index (χ3n) is 7.22. The summed E-state index contributed by atoms with van der Waals surface area (Å²) in [7, 11) is 0. The molecule has 3 aromatic rings. The Morgan fingerprint density at radius 1 is 1.00 bits per heavy atom. The second-order valence-corrected chi connectivity index (χ2v) is 9.94. The molecule has 194 valence electrons. The van der Waals surface area contributed by atoms with Crippen molar-refractivity contribution in [2.45, 2.75) is 24.7 Å². The van der Waals surface area contributed by atoms with E-state index in [0.29, 0.717) is 61.3 Å². The van der Waals surface area contributed by atoms with Crippen molar-refractivity contribution in [3.63, 3.8) is 0 Å². The quantitative estimate of drug-likeness (QED) is 0.504. The van der Waals surface area contributed by atoms with Gasteiger partial charge in [-0.3, -0.25) is 0 Å². The number of rotatable bonds is 4. The van der Waals surface area contributed by atoms with Crippen LogP contribution in [0.4, 0.5) is 35.1 Å². The number of hydrogen-bond donors (Lipinski definition) is 1. The Labute approximate surface area is 216 Å². The van der Waals surface area contributed by atoms with E-state index in [0.717, 1.165) is 25.6 Å². The summed E-state index contributed by atoms with van der Waals surface area (Å²) in [5.41, 5.74) is 0.547. The molecule has 0 unspecified atom stereocenters. The van der Waals surface area contributed by atoms with E-state index >= 15 is 0 Å². The number of anilines is 3. The first-order chi connectivity index (χ1) is 17.8. The van der Waals surface area contributed by atoms with Crippen LogP contribution in [0.5, 0.6) is 0 Å². The number of nitrogens with one attached hydrogen (secondary N) is 1. The summed E-state index contributed by atoms with van der Waals surface area (Å²) in [6, 6.07) is 9.37. The number of fused-ring (bicyclic) bond motifs is 2. The topological polar surface area (TPSA) is 60.4 Å². The van der Waals surface area contributed by atoms with Crippen LogP contribution in [-0.2, 0) is 6.18 Å². The zero-order chi connectivity index (χ0) is 25.7. The van der Waals surface area contributed by atoms with E-state index < -0.39 is 17.6 Å². The zero-order valence-corrected chi connectivity index (χ0v) is 20.5. The standard InChI is InChI=1S/C25H24ClF4N7/c26-19-10-15(3-4-20(19)27)21-12-22(34-24(33-21)37-14-16-11-17(37)13-32-16)35-6-8-36(9-7-35)23-18(25(28,29)30)2-1-5-31-23/h1-5,10,12,16-17,32H,6-9,11,13-14H2/t16-,17-/m0/s1. The molecule has 12 heteroatoms. The Balaban J connectivity index is 1.29. The highest BCUT2D eigenvalue weighted by Gasteiger charge is 2.40. The molecule has 1 N–H and O–H groups in total. The summed E-state index contributed by atoms with van der Waals surface area (Å²) >= 11 is 6.05. The van der Waals surface area contributed by atoms with Gasteiger partial charge in [-0.2, -0.15) is 18.2 Å². The van der Waals surface area contributed by atoms with E-state index in [1.807, 2.05) is 11.0 Å². The molecule has 2 bridgehead atoms. The first-order valence-corrected chi connectivity index (χ1v) is 12.5. The van der Waals surface area contributed by atoms with Crippen molar-refractivity contribution in [3.8, 4) is 11.3 Å². The lowest BCUT2D eigenvalue weighted by atomic mass is 10.1. The molecule has 5 heterocycles. The predicted octanol–water partition coefficient (Wildman–Crippen LogP) is 4.23. The van der Waals surface area contributed by atoms with Crippen LogP contribution < -0.4 is 20.0 Å². The van der Waals surface area contributed by atoms with Gasteiger partial charge >= 0.3 is 6.18 Å². The third kappa shape index (κ3) is 4.66. The van der Waals surface area contributed by atoms with Crippen LogP contribution in [0.3, 0.4) is 0 Å². The van der Waals surface area contributed by atoms with E-state index in [9.17, 15) is 17.6 Å². The number of hydrogen-bond acceptors (Lipinski definition) is 7. The molecule has 2 atom stereocenters. The van der Waals surface area contributed by atoms with E-state index in [1.54, 1.807) is 17.0 Å². The molecule has 37 heavy (non-hydrogen) atoms. The Morgan fingerprint density at radius 2 is 1.78 bits per heavy atom. The minimum atomic E-state index is -4.47. The van der Waals surface area contributed by atoms with Crippen LogP contribution >= 0.6 is 11.6 Å². The number of benzene rings is 1. The second kappa shape index (κ2) is 9.29. The number of alkyl halides is 3. The van der Waals surface area contributed by atoms with Crippen LogP contribution in [0.1, 0.15) is 12.0 Å². The van der Waals surface area contributed by atoms with Crippen molar-refractivity contribution in [2.24, 2.45) is 0 Å². The lowest BCUT2D eigenvalue weighted by Gasteiger charge is -2.37. The van der Waals surface area contributed by atoms with Crippen molar-refractivity contribution < 1.29 is 17.6 Å². The van der Waals surface area contributed by atoms with E-state index in [2.05, 4.69) is 15.2 Å². The average Bonchev–Trinajstić information content (AvgIpc) is 3.54. The summed E-state index contributed by atoms with van der Waals surface area (Å²) in [6.45, 7) is 3.29. The van der Waals surface area contributed by atoms with Crippen LogP contribution in [0, 0.1) is 5.82 Å². The Kier molecular flexibility index (Phi) is 6.07. The molecular formula is C25H24ClF4N7. The van der Waals surface area contributed by atoms with Gasteiger partial charge in [0.1, 0.15) is 17.5 Å². The number of aromatic nitrogens is 3. The molecule has 0 saturated carbocycles. The first kappa shape index (κ1) is 24.2. The normalized spacial score (nSPS) is 21.7. The van der Waals surface area contributed by atoms with Gasteiger partial charge in [0.25, 0.3) is 0 Å². The van der Waals surface area contributed by atoms with Crippen LogP contribution in [0.2, 0.25) is 5.02 Å². The summed E-state index contributed by atoms with van der Waals surface area (Å²) in [6.07, 6.45) is -2.07. The Morgan fingerprint density at radius 3 is 2.46 bits per heavy atom. The summed E-state index contributed by atoms with van der Waals surface area (Å²) < 4.78 is 54.4. The van der Waals surface area contributed by atoms with Crippen LogP contribution in [0.25, 0.3) is 11.3 Å². The van der Waals surface area contributed by atoms with Gasteiger partial charge in [0.05, 0.1) is 16.3 Å². The molecule has 0 aliphatic carbocycles. The molecule has 3 aliphatic rings. The maximum atomic E-state index is 13.8. The Bertz CT molecular complexity index is 1310. The number of piperazine rings is 2. The van der Waals surface area contributed by atoms with Gasteiger partial charge in [-0.25, -0.2) is 14.4 Å².